The normalized spacial score (nSPS) is 15.1. The summed E-state index contributed by atoms with van der Waals surface area (Å²) in [7, 11) is -3.62. The van der Waals surface area contributed by atoms with Crippen LogP contribution < -0.4 is 4.90 Å². The molecule has 0 unspecified atom stereocenters. The Kier molecular flexibility index (Phi) is 4.59. The standard InChI is InChI=1S/C16H18N2O5S/c1-2-17(11-13-7-9-22-12-13)24(20,21)15-5-3-14(4-6-15)18-8-10-23-16(18)19/h3-7,9,12H,2,8,10-11H2,1H3. The van der Waals surface area contributed by atoms with Gasteiger partial charge in [0.05, 0.1) is 24.0 Å². The highest BCUT2D eigenvalue weighted by Crippen LogP contribution is 2.23. The van der Waals surface area contributed by atoms with Gasteiger partial charge in [0.1, 0.15) is 6.61 Å². The van der Waals surface area contributed by atoms with Gasteiger partial charge in [-0.3, -0.25) is 4.90 Å². The van der Waals surface area contributed by atoms with E-state index in [0.717, 1.165) is 5.56 Å². The Bertz CT molecular complexity index is 800. The van der Waals surface area contributed by atoms with Crippen molar-refractivity contribution >= 4 is 21.8 Å². The van der Waals surface area contributed by atoms with Crippen LogP contribution in [0.1, 0.15) is 12.5 Å². The zero-order valence-electron chi connectivity index (χ0n) is 13.2. The first kappa shape index (κ1) is 16.5. The maximum Gasteiger partial charge on any atom is 0.414 e. The lowest BCUT2D eigenvalue weighted by molar-refractivity contribution is 0.181. The Morgan fingerprint density at radius 1 is 1.21 bits per heavy atom. The summed E-state index contributed by atoms with van der Waals surface area (Å²) < 4.78 is 36.8. The number of hydrogen-bond acceptors (Lipinski definition) is 5. The molecule has 0 bridgehead atoms. The molecule has 0 atom stereocenters. The fraction of sp³-hybridized carbons (Fsp3) is 0.312. The largest absolute Gasteiger partial charge is 0.472 e. The van der Waals surface area contributed by atoms with Crippen LogP contribution >= 0.6 is 0 Å². The summed E-state index contributed by atoms with van der Waals surface area (Å²) in [6.07, 6.45) is 2.63. The Morgan fingerprint density at radius 3 is 2.50 bits per heavy atom. The van der Waals surface area contributed by atoms with Crippen LogP contribution in [0.15, 0.2) is 52.2 Å². The van der Waals surface area contributed by atoms with Crippen LogP contribution in [-0.4, -0.2) is 38.5 Å². The van der Waals surface area contributed by atoms with E-state index in [2.05, 4.69) is 0 Å². The summed E-state index contributed by atoms with van der Waals surface area (Å²) in [6.45, 7) is 3.18. The minimum absolute atomic E-state index is 0.184. The van der Waals surface area contributed by atoms with Crippen molar-refractivity contribution in [3.63, 3.8) is 0 Å². The average molecular weight is 350 g/mol. The van der Waals surface area contributed by atoms with Gasteiger partial charge in [-0.15, -0.1) is 0 Å². The molecule has 1 saturated heterocycles. The molecule has 0 aliphatic carbocycles. The van der Waals surface area contributed by atoms with Crippen molar-refractivity contribution in [2.24, 2.45) is 0 Å². The van der Waals surface area contributed by atoms with E-state index in [1.807, 2.05) is 0 Å². The molecule has 1 aromatic heterocycles. The van der Waals surface area contributed by atoms with Gasteiger partial charge in [0.25, 0.3) is 0 Å². The van der Waals surface area contributed by atoms with Crippen molar-refractivity contribution in [3.05, 3.63) is 48.4 Å². The van der Waals surface area contributed by atoms with E-state index in [-0.39, 0.29) is 11.4 Å². The van der Waals surface area contributed by atoms with Crippen molar-refractivity contribution in [3.8, 4) is 0 Å². The fourth-order valence-corrected chi connectivity index (χ4v) is 3.97. The summed E-state index contributed by atoms with van der Waals surface area (Å²) >= 11 is 0. The van der Waals surface area contributed by atoms with Crippen LogP contribution in [-0.2, 0) is 21.3 Å². The van der Waals surface area contributed by atoms with Gasteiger partial charge in [0.15, 0.2) is 0 Å². The number of sulfonamides is 1. The Labute approximate surface area is 140 Å². The first-order valence-electron chi connectivity index (χ1n) is 7.58. The molecular formula is C16H18N2O5S. The molecule has 0 saturated carbocycles. The number of carbonyl (C=O) groups is 1. The molecule has 128 valence electrons. The van der Waals surface area contributed by atoms with Crippen molar-refractivity contribution in [1.82, 2.24) is 4.31 Å². The Hall–Kier alpha value is -2.32. The molecule has 0 radical (unpaired) electrons. The van der Waals surface area contributed by atoms with E-state index in [0.29, 0.717) is 25.4 Å². The molecule has 2 heterocycles. The molecule has 3 rings (SSSR count). The smallest absolute Gasteiger partial charge is 0.414 e. The van der Waals surface area contributed by atoms with Gasteiger partial charge in [-0.2, -0.15) is 4.31 Å². The zero-order valence-corrected chi connectivity index (χ0v) is 14.0. The summed E-state index contributed by atoms with van der Waals surface area (Å²) in [4.78, 5) is 13.2. The van der Waals surface area contributed by atoms with Crippen LogP contribution in [0.3, 0.4) is 0 Å². The third-order valence-corrected chi connectivity index (χ3v) is 5.77. The Morgan fingerprint density at radius 2 is 1.96 bits per heavy atom. The van der Waals surface area contributed by atoms with E-state index < -0.39 is 16.1 Å². The fourth-order valence-electron chi connectivity index (χ4n) is 2.53. The molecule has 1 fully saturated rings. The van der Waals surface area contributed by atoms with Gasteiger partial charge >= 0.3 is 6.09 Å². The minimum atomic E-state index is -3.62. The monoisotopic (exact) mass is 350 g/mol. The van der Waals surface area contributed by atoms with E-state index in [9.17, 15) is 13.2 Å². The summed E-state index contributed by atoms with van der Waals surface area (Å²) in [5, 5.41) is 0. The zero-order chi connectivity index (χ0) is 17.2. The molecule has 8 heteroatoms. The van der Waals surface area contributed by atoms with Gasteiger partial charge in [0, 0.05) is 24.3 Å². The quantitative estimate of drug-likeness (QED) is 0.799. The summed E-state index contributed by atoms with van der Waals surface area (Å²) in [5.74, 6) is 0. The van der Waals surface area contributed by atoms with E-state index >= 15 is 0 Å². The van der Waals surface area contributed by atoms with E-state index in [1.165, 1.54) is 33.9 Å². The van der Waals surface area contributed by atoms with Crippen LogP contribution in [0.25, 0.3) is 0 Å². The lowest BCUT2D eigenvalue weighted by atomic mass is 10.3. The molecule has 24 heavy (non-hydrogen) atoms. The Balaban J connectivity index is 1.82. The number of anilines is 1. The highest BCUT2D eigenvalue weighted by atomic mass is 32.2. The molecule has 2 aromatic rings. The van der Waals surface area contributed by atoms with Crippen molar-refractivity contribution < 1.29 is 22.4 Å². The molecule has 0 N–H and O–H groups in total. The summed E-state index contributed by atoms with van der Waals surface area (Å²) in [6, 6.07) is 7.99. The predicted molar refractivity (Wildman–Crippen MR) is 87.1 cm³/mol. The van der Waals surface area contributed by atoms with Crippen molar-refractivity contribution in [1.29, 1.82) is 0 Å². The molecule has 1 aliphatic rings. The molecule has 1 aliphatic heterocycles. The third-order valence-electron chi connectivity index (χ3n) is 3.84. The molecular weight excluding hydrogens is 332 g/mol. The number of amides is 1. The second kappa shape index (κ2) is 6.66. The van der Waals surface area contributed by atoms with Crippen LogP contribution in [0.2, 0.25) is 0 Å². The van der Waals surface area contributed by atoms with Crippen LogP contribution in [0.4, 0.5) is 10.5 Å². The SMILES string of the molecule is CCN(Cc1ccoc1)S(=O)(=O)c1ccc(N2CCOC2=O)cc1. The topological polar surface area (TPSA) is 80.1 Å². The number of carbonyl (C=O) groups excluding carboxylic acids is 1. The first-order chi connectivity index (χ1) is 11.5. The summed E-state index contributed by atoms with van der Waals surface area (Å²) in [5.41, 5.74) is 1.41. The predicted octanol–water partition coefficient (Wildman–Crippen LogP) is 2.45. The van der Waals surface area contributed by atoms with Gasteiger partial charge in [-0.05, 0) is 30.3 Å². The van der Waals surface area contributed by atoms with Crippen LogP contribution in [0, 0.1) is 0 Å². The number of nitrogens with zero attached hydrogens (tertiary/aromatic N) is 2. The molecule has 0 spiro atoms. The highest BCUT2D eigenvalue weighted by Gasteiger charge is 2.26. The number of ether oxygens (including phenoxy) is 1. The van der Waals surface area contributed by atoms with E-state index in [4.69, 9.17) is 9.15 Å². The third kappa shape index (κ3) is 3.15. The van der Waals surface area contributed by atoms with Gasteiger partial charge in [0.2, 0.25) is 10.0 Å². The van der Waals surface area contributed by atoms with Crippen LogP contribution in [0.5, 0.6) is 0 Å². The number of hydrogen-bond donors (Lipinski definition) is 0. The first-order valence-corrected chi connectivity index (χ1v) is 9.02. The second-order valence-electron chi connectivity index (χ2n) is 5.32. The maximum atomic E-state index is 12.8. The highest BCUT2D eigenvalue weighted by molar-refractivity contribution is 7.89. The number of benzene rings is 1. The second-order valence-corrected chi connectivity index (χ2v) is 7.26. The minimum Gasteiger partial charge on any atom is -0.472 e. The number of cyclic esters (lactones) is 1. The molecule has 1 amide bonds. The van der Waals surface area contributed by atoms with Gasteiger partial charge < -0.3 is 9.15 Å². The lowest BCUT2D eigenvalue weighted by Gasteiger charge is -2.20. The van der Waals surface area contributed by atoms with Gasteiger partial charge in [-0.25, -0.2) is 13.2 Å². The van der Waals surface area contributed by atoms with Gasteiger partial charge in [-0.1, -0.05) is 6.92 Å². The molecule has 1 aromatic carbocycles. The number of rotatable bonds is 6. The van der Waals surface area contributed by atoms with E-state index in [1.54, 1.807) is 25.1 Å². The maximum absolute atomic E-state index is 12.8. The average Bonchev–Trinajstić information content (AvgIpc) is 3.24. The van der Waals surface area contributed by atoms with Crippen molar-refractivity contribution in [2.45, 2.75) is 18.4 Å². The lowest BCUT2D eigenvalue weighted by Crippen LogP contribution is -2.30. The van der Waals surface area contributed by atoms with Crippen molar-refractivity contribution in [2.75, 3.05) is 24.6 Å². The number of furan rings is 1. The molecule has 7 nitrogen and oxygen atoms in total.